The monoisotopic (exact) mass is 456 g/mol. The molecule has 0 amide bonds. The van der Waals surface area contributed by atoms with Crippen molar-refractivity contribution in [2.24, 2.45) is 0 Å². The molecule has 0 aromatic heterocycles. The standard InChI is InChI=1S/C27H36O6/c1-4-7-8-9-10-11-12-25(30-32-26(28)23-17-13-21(5-2)14-18-23)31-33-27(29)24-19-15-22(6-3)16-20-24/h13-20,25H,4-12H2,1-3H3. The van der Waals surface area contributed by atoms with Gasteiger partial charge < -0.3 is 0 Å². The SMILES string of the molecule is CCCCCCCCC(OOC(=O)c1ccc(CC)cc1)OOC(=O)c1ccc(CC)cc1. The highest BCUT2D eigenvalue weighted by atomic mass is 17.3. The van der Waals surface area contributed by atoms with Crippen LogP contribution in [0.15, 0.2) is 48.5 Å². The van der Waals surface area contributed by atoms with Gasteiger partial charge in [0.25, 0.3) is 0 Å². The highest BCUT2D eigenvalue weighted by Crippen LogP contribution is 2.15. The lowest BCUT2D eigenvalue weighted by Crippen LogP contribution is -2.22. The van der Waals surface area contributed by atoms with Crippen LogP contribution in [0.3, 0.4) is 0 Å². The molecule has 2 aromatic carbocycles. The maximum Gasteiger partial charge on any atom is 0.373 e. The topological polar surface area (TPSA) is 71.1 Å². The van der Waals surface area contributed by atoms with E-state index in [1.54, 1.807) is 24.3 Å². The molecule has 0 atom stereocenters. The zero-order valence-corrected chi connectivity index (χ0v) is 20.0. The molecule has 0 radical (unpaired) electrons. The highest BCUT2D eigenvalue weighted by molar-refractivity contribution is 5.89. The third-order valence-corrected chi connectivity index (χ3v) is 5.45. The van der Waals surface area contributed by atoms with Gasteiger partial charge in [0.05, 0.1) is 11.1 Å². The van der Waals surface area contributed by atoms with E-state index >= 15 is 0 Å². The average Bonchev–Trinajstić information content (AvgIpc) is 2.86. The largest absolute Gasteiger partial charge is 0.373 e. The summed E-state index contributed by atoms with van der Waals surface area (Å²) in [5.74, 6) is -1.26. The number of carbonyl (C=O) groups excluding carboxylic acids is 2. The van der Waals surface area contributed by atoms with Gasteiger partial charge in [0.1, 0.15) is 0 Å². The van der Waals surface area contributed by atoms with E-state index in [2.05, 4.69) is 6.92 Å². The molecule has 0 aliphatic rings. The first-order chi connectivity index (χ1) is 16.1. The molecule has 0 aliphatic carbocycles. The average molecular weight is 457 g/mol. The van der Waals surface area contributed by atoms with Crippen LogP contribution in [0.1, 0.15) is 97.6 Å². The molecule has 33 heavy (non-hydrogen) atoms. The molecule has 6 nitrogen and oxygen atoms in total. The van der Waals surface area contributed by atoms with Gasteiger partial charge in [-0.05, 0) is 54.7 Å². The van der Waals surface area contributed by atoms with Crippen molar-refractivity contribution in [1.82, 2.24) is 0 Å². The van der Waals surface area contributed by atoms with E-state index in [0.29, 0.717) is 17.5 Å². The zero-order valence-electron chi connectivity index (χ0n) is 20.0. The molecule has 0 N–H and O–H groups in total. The van der Waals surface area contributed by atoms with Gasteiger partial charge in [-0.2, -0.15) is 0 Å². The third kappa shape index (κ3) is 9.76. The molecule has 6 heteroatoms. The van der Waals surface area contributed by atoms with Gasteiger partial charge in [-0.3, -0.25) is 9.78 Å². The van der Waals surface area contributed by atoms with Crippen LogP contribution in [0.5, 0.6) is 0 Å². The fraction of sp³-hybridized carbons (Fsp3) is 0.481. The Morgan fingerprint density at radius 3 is 1.48 bits per heavy atom. The van der Waals surface area contributed by atoms with Gasteiger partial charge in [0.15, 0.2) is 0 Å². The summed E-state index contributed by atoms with van der Waals surface area (Å²) in [6.07, 6.45) is 7.63. The molecule has 0 saturated heterocycles. The molecule has 0 unspecified atom stereocenters. The summed E-state index contributed by atoms with van der Waals surface area (Å²) in [5.41, 5.74) is 2.99. The minimum atomic E-state index is -1.01. The minimum absolute atomic E-state index is 0.374. The Kier molecular flexibility index (Phi) is 12.2. The van der Waals surface area contributed by atoms with Crippen molar-refractivity contribution in [3.63, 3.8) is 0 Å². The van der Waals surface area contributed by atoms with Gasteiger partial charge in [0, 0.05) is 6.42 Å². The Morgan fingerprint density at radius 2 is 1.06 bits per heavy atom. The second kappa shape index (κ2) is 15.2. The van der Waals surface area contributed by atoms with E-state index in [4.69, 9.17) is 19.6 Å². The Morgan fingerprint density at radius 1 is 0.636 bits per heavy atom. The summed E-state index contributed by atoms with van der Waals surface area (Å²) in [6, 6.07) is 14.2. The smallest absolute Gasteiger partial charge is 0.290 e. The predicted octanol–water partition coefficient (Wildman–Crippen LogP) is 6.77. The van der Waals surface area contributed by atoms with Crippen LogP contribution < -0.4 is 0 Å². The van der Waals surface area contributed by atoms with Gasteiger partial charge in [-0.25, -0.2) is 9.59 Å². The van der Waals surface area contributed by atoms with E-state index in [9.17, 15) is 9.59 Å². The van der Waals surface area contributed by atoms with Crippen molar-refractivity contribution < 1.29 is 29.1 Å². The lowest BCUT2D eigenvalue weighted by molar-refractivity contribution is -0.421. The number of benzene rings is 2. The first-order valence-electron chi connectivity index (χ1n) is 12.0. The maximum atomic E-state index is 12.3. The fourth-order valence-corrected chi connectivity index (χ4v) is 3.25. The van der Waals surface area contributed by atoms with Crippen molar-refractivity contribution in [3.8, 4) is 0 Å². The fourth-order valence-electron chi connectivity index (χ4n) is 3.25. The second-order valence-corrected chi connectivity index (χ2v) is 8.02. The van der Waals surface area contributed by atoms with Gasteiger partial charge >= 0.3 is 11.9 Å². The molecular formula is C27H36O6. The zero-order chi connectivity index (χ0) is 23.9. The minimum Gasteiger partial charge on any atom is -0.290 e. The summed E-state index contributed by atoms with van der Waals surface area (Å²) >= 11 is 0. The van der Waals surface area contributed by atoms with Gasteiger partial charge in [0.2, 0.25) is 6.29 Å². The molecule has 2 aromatic rings. The second-order valence-electron chi connectivity index (χ2n) is 8.02. The summed E-state index contributed by atoms with van der Waals surface area (Å²) in [5, 5.41) is 0. The number of rotatable bonds is 15. The molecule has 0 bridgehead atoms. The maximum absolute atomic E-state index is 12.3. The third-order valence-electron chi connectivity index (χ3n) is 5.45. The normalized spacial score (nSPS) is 10.9. The molecule has 2 rings (SSSR count). The Bertz CT molecular complexity index is 765. The van der Waals surface area contributed by atoms with Crippen LogP contribution in [0.4, 0.5) is 0 Å². The van der Waals surface area contributed by atoms with Gasteiger partial charge in [-0.1, -0.05) is 77.1 Å². The molecular weight excluding hydrogens is 420 g/mol. The van der Waals surface area contributed by atoms with Crippen LogP contribution in [-0.2, 0) is 32.4 Å². The van der Waals surface area contributed by atoms with E-state index in [1.807, 2.05) is 38.1 Å². The Labute approximate surface area is 197 Å². The quantitative estimate of drug-likeness (QED) is 0.128. The molecule has 0 saturated carbocycles. The summed E-state index contributed by atoms with van der Waals surface area (Å²) < 4.78 is 0. The lowest BCUT2D eigenvalue weighted by Gasteiger charge is -2.15. The Hall–Kier alpha value is -2.70. The number of hydrogen-bond donors (Lipinski definition) is 0. The van der Waals surface area contributed by atoms with Crippen LogP contribution in [0.25, 0.3) is 0 Å². The summed E-state index contributed by atoms with van der Waals surface area (Å²) in [7, 11) is 0. The number of hydrogen-bond acceptors (Lipinski definition) is 6. The predicted molar refractivity (Wildman–Crippen MR) is 126 cm³/mol. The van der Waals surface area contributed by atoms with Crippen LogP contribution in [-0.4, -0.2) is 18.2 Å². The molecule has 0 spiro atoms. The summed E-state index contributed by atoms with van der Waals surface area (Å²) in [4.78, 5) is 45.0. The van der Waals surface area contributed by atoms with Crippen molar-refractivity contribution >= 4 is 11.9 Å². The number of unbranched alkanes of at least 4 members (excludes halogenated alkanes) is 5. The van der Waals surface area contributed by atoms with E-state index in [0.717, 1.165) is 43.2 Å². The van der Waals surface area contributed by atoms with Crippen LogP contribution in [0.2, 0.25) is 0 Å². The highest BCUT2D eigenvalue weighted by Gasteiger charge is 2.19. The number of aryl methyl sites for hydroxylation is 2. The van der Waals surface area contributed by atoms with Crippen LogP contribution in [0, 0.1) is 0 Å². The van der Waals surface area contributed by atoms with Crippen molar-refractivity contribution in [1.29, 1.82) is 0 Å². The van der Waals surface area contributed by atoms with E-state index in [1.165, 1.54) is 19.3 Å². The molecule has 0 heterocycles. The molecule has 180 valence electrons. The van der Waals surface area contributed by atoms with Gasteiger partial charge in [-0.15, -0.1) is 9.78 Å². The first kappa shape index (κ1) is 26.6. The Balaban J connectivity index is 1.88. The lowest BCUT2D eigenvalue weighted by atomic mass is 10.1. The molecule has 0 fully saturated rings. The summed E-state index contributed by atoms with van der Waals surface area (Å²) in [6.45, 7) is 6.26. The van der Waals surface area contributed by atoms with E-state index < -0.39 is 18.2 Å². The van der Waals surface area contributed by atoms with Crippen molar-refractivity contribution in [2.75, 3.05) is 0 Å². The van der Waals surface area contributed by atoms with Crippen molar-refractivity contribution in [3.05, 3.63) is 70.8 Å². The van der Waals surface area contributed by atoms with Crippen LogP contribution >= 0.6 is 0 Å². The van der Waals surface area contributed by atoms with E-state index in [-0.39, 0.29) is 0 Å². The first-order valence-corrected chi connectivity index (χ1v) is 12.0. The van der Waals surface area contributed by atoms with Crippen molar-refractivity contribution in [2.45, 2.75) is 84.8 Å². The molecule has 0 aliphatic heterocycles. The number of carbonyl (C=O) groups is 2.